The summed E-state index contributed by atoms with van der Waals surface area (Å²) in [5.41, 5.74) is 4.36. The number of imidazole rings is 1. The number of carbonyl (C=O) groups is 1. The van der Waals surface area contributed by atoms with Crippen molar-refractivity contribution >= 4 is 28.7 Å². The Hall–Kier alpha value is -2.27. The summed E-state index contributed by atoms with van der Waals surface area (Å²) in [5.74, 6) is 0.380. The molecule has 0 saturated heterocycles. The first kappa shape index (κ1) is 15.6. The van der Waals surface area contributed by atoms with E-state index < -0.39 is 0 Å². The molecule has 2 aromatic carbocycles. The maximum atomic E-state index is 12.0. The van der Waals surface area contributed by atoms with Crippen LogP contribution in [0.3, 0.4) is 0 Å². The van der Waals surface area contributed by atoms with Crippen LogP contribution in [-0.2, 0) is 18.4 Å². The molecular weight excluding hydrogens is 306 g/mol. The summed E-state index contributed by atoms with van der Waals surface area (Å²) in [7, 11) is 1.97. The smallest absolute Gasteiger partial charge is 0.230 e. The van der Waals surface area contributed by atoms with Gasteiger partial charge in [-0.05, 0) is 24.6 Å². The van der Waals surface area contributed by atoms with Gasteiger partial charge in [0.15, 0.2) is 5.16 Å². The molecule has 0 fully saturated rings. The second-order valence-corrected chi connectivity index (χ2v) is 6.44. The van der Waals surface area contributed by atoms with Crippen LogP contribution in [0.15, 0.2) is 53.7 Å². The number of rotatable bonds is 5. The van der Waals surface area contributed by atoms with Crippen LogP contribution in [-0.4, -0.2) is 21.2 Å². The molecule has 5 heteroatoms. The minimum atomic E-state index is 0.0163. The normalized spacial score (nSPS) is 10.9. The van der Waals surface area contributed by atoms with Crippen LogP contribution in [0.5, 0.6) is 0 Å². The van der Waals surface area contributed by atoms with Crippen molar-refractivity contribution in [3.8, 4) is 0 Å². The molecular formula is C18H19N3OS. The quantitative estimate of drug-likeness (QED) is 0.732. The van der Waals surface area contributed by atoms with E-state index in [1.54, 1.807) is 0 Å². The number of fused-ring (bicyclic) bond motifs is 1. The van der Waals surface area contributed by atoms with Crippen LogP contribution >= 0.6 is 11.8 Å². The van der Waals surface area contributed by atoms with Gasteiger partial charge in [-0.25, -0.2) is 4.98 Å². The van der Waals surface area contributed by atoms with Gasteiger partial charge in [0, 0.05) is 13.6 Å². The van der Waals surface area contributed by atoms with E-state index in [-0.39, 0.29) is 5.91 Å². The molecule has 23 heavy (non-hydrogen) atoms. The molecule has 0 aliphatic carbocycles. The number of benzene rings is 2. The summed E-state index contributed by atoms with van der Waals surface area (Å²) in [6, 6.07) is 16.2. The predicted molar refractivity (Wildman–Crippen MR) is 94.5 cm³/mol. The molecule has 0 radical (unpaired) electrons. The van der Waals surface area contributed by atoms with Crippen LogP contribution in [0.25, 0.3) is 11.0 Å². The van der Waals surface area contributed by atoms with Crippen molar-refractivity contribution in [2.45, 2.75) is 18.6 Å². The first-order valence-electron chi connectivity index (χ1n) is 7.50. The molecule has 0 saturated carbocycles. The van der Waals surface area contributed by atoms with Gasteiger partial charge in [0.05, 0.1) is 16.8 Å². The molecule has 0 atom stereocenters. The Kier molecular flexibility index (Phi) is 4.67. The van der Waals surface area contributed by atoms with Gasteiger partial charge in [-0.1, -0.05) is 53.7 Å². The molecule has 1 amide bonds. The van der Waals surface area contributed by atoms with Crippen molar-refractivity contribution in [2.24, 2.45) is 7.05 Å². The fourth-order valence-electron chi connectivity index (χ4n) is 2.34. The molecule has 0 unspecified atom stereocenters. The lowest BCUT2D eigenvalue weighted by Gasteiger charge is -2.06. The molecule has 1 N–H and O–H groups in total. The topological polar surface area (TPSA) is 46.9 Å². The lowest BCUT2D eigenvalue weighted by molar-refractivity contribution is -0.118. The van der Waals surface area contributed by atoms with Crippen molar-refractivity contribution in [2.75, 3.05) is 5.75 Å². The van der Waals surface area contributed by atoms with Crippen LogP contribution < -0.4 is 5.32 Å². The first-order valence-corrected chi connectivity index (χ1v) is 8.48. The van der Waals surface area contributed by atoms with Crippen molar-refractivity contribution in [1.82, 2.24) is 14.9 Å². The molecule has 4 nitrogen and oxygen atoms in total. The number of hydrogen-bond donors (Lipinski definition) is 1. The maximum absolute atomic E-state index is 12.0. The monoisotopic (exact) mass is 325 g/mol. The molecule has 3 aromatic rings. The zero-order valence-corrected chi connectivity index (χ0v) is 14.1. The lowest BCUT2D eigenvalue weighted by Crippen LogP contribution is -2.24. The van der Waals surface area contributed by atoms with Gasteiger partial charge in [-0.2, -0.15) is 0 Å². The number of aromatic nitrogens is 2. The van der Waals surface area contributed by atoms with E-state index in [4.69, 9.17) is 0 Å². The van der Waals surface area contributed by atoms with Gasteiger partial charge < -0.3 is 9.88 Å². The van der Waals surface area contributed by atoms with Crippen LogP contribution in [0, 0.1) is 6.92 Å². The highest BCUT2D eigenvalue weighted by atomic mass is 32.2. The third-order valence-electron chi connectivity index (χ3n) is 3.69. The Morgan fingerprint density at radius 2 is 1.91 bits per heavy atom. The van der Waals surface area contributed by atoms with Gasteiger partial charge in [0.1, 0.15) is 0 Å². The zero-order chi connectivity index (χ0) is 16.2. The van der Waals surface area contributed by atoms with Gasteiger partial charge in [0.2, 0.25) is 5.91 Å². The molecule has 0 spiro atoms. The van der Waals surface area contributed by atoms with Crippen molar-refractivity contribution in [3.63, 3.8) is 0 Å². The summed E-state index contributed by atoms with van der Waals surface area (Å²) in [6.45, 7) is 2.61. The minimum absolute atomic E-state index is 0.0163. The number of amides is 1. The third kappa shape index (κ3) is 3.74. The summed E-state index contributed by atoms with van der Waals surface area (Å²) in [6.07, 6.45) is 0. The fraction of sp³-hybridized carbons (Fsp3) is 0.222. The van der Waals surface area contributed by atoms with Gasteiger partial charge in [-0.15, -0.1) is 0 Å². The standard InChI is InChI=1S/C18H19N3OS/c1-13-7-9-14(10-8-13)11-19-17(22)12-23-18-20-15-5-3-4-6-16(15)21(18)2/h3-10H,11-12H2,1-2H3,(H,19,22). The Morgan fingerprint density at radius 1 is 1.17 bits per heavy atom. The Morgan fingerprint density at radius 3 is 2.65 bits per heavy atom. The number of hydrogen-bond acceptors (Lipinski definition) is 3. The van der Waals surface area contributed by atoms with E-state index >= 15 is 0 Å². The lowest BCUT2D eigenvalue weighted by atomic mass is 10.1. The van der Waals surface area contributed by atoms with Gasteiger partial charge in [0.25, 0.3) is 0 Å². The van der Waals surface area contributed by atoms with E-state index in [9.17, 15) is 4.79 Å². The SMILES string of the molecule is Cc1ccc(CNC(=O)CSc2nc3ccccc3n2C)cc1. The number of thioether (sulfide) groups is 1. The molecule has 0 aliphatic heterocycles. The molecule has 1 heterocycles. The predicted octanol–water partition coefficient (Wildman–Crippen LogP) is 3.29. The van der Waals surface area contributed by atoms with E-state index in [1.165, 1.54) is 17.3 Å². The Labute approximate surface area is 139 Å². The maximum Gasteiger partial charge on any atom is 0.230 e. The van der Waals surface area contributed by atoms with Crippen LogP contribution in [0.4, 0.5) is 0 Å². The number of para-hydroxylation sites is 2. The number of nitrogens with zero attached hydrogens (tertiary/aromatic N) is 2. The summed E-state index contributed by atoms with van der Waals surface area (Å²) < 4.78 is 2.02. The third-order valence-corrected chi connectivity index (χ3v) is 4.72. The molecule has 3 rings (SSSR count). The zero-order valence-electron chi connectivity index (χ0n) is 13.2. The Balaban J connectivity index is 1.55. The second kappa shape index (κ2) is 6.87. The van der Waals surface area contributed by atoms with Gasteiger partial charge >= 0.3 is 0 Å². The highest BCUT2D eigenvalue weighted by Gasteiger charge is 2.10. The highest BCUT2D eigenvalue weighted by Crippen LogP contribution is 2.22. The number of nitrogens with one attached hydrogen (secondary N) is 1. The molecule has 1 aromatic heterocycles. The van der Waals surface area contributed by atoms with E-state index in [2.05, 4.69) is 29.4 Å². The van der Waals surface area contributed by atoms with E-state index in [0.717, 1.165) is 21.8 Å². The highest BCUT2D eigenvalue weighted by molar-refractivity contribution is 7.99. The summed E-state index contributed by atoms with van der Waals surface area (Å²) in [4.78, 5) is 16.6. The van der Waals surface area contributed by atoms with E-state index in [1.807, 2.05) is 48.0 Å². The Bertz CT molecular complexity index is 824. The molecule has 0 aliphatic rings. The first-order chi connectivity index (χ1) is 11.1. The van der Waals surface area contributed by atoms with Gasteiger partial charge in [-0.3, -0.25) is 4.79 Å². The minimum Gasteiger partial charge on any atom is -0.351 e. The molecule has 118 valence electrons. The second-order valence-electron chi connectivity index (χ2n) is 5.49. The average molecular weight is 325 g/mol. The number of aryl methyl sites for hydroxylation is 2. The van der Waals surface area contributed by atoms with Crippen molar-refractivity contribution in [3.05, 3.63) is 59.7 Å². The van der Waals surface area contributed by atoms with Crippen LogP contribution in [0.2, 0.25) is 0 Å². The fourth-order valence-corrected chi connectivity index (χ4v) is 3.16. The van der Waals surface area contributed by atoms with Crippen molar-refractivity contribution < 1.29 is 4.79 Å². The molecule has 0 bridgehead atoms. The number of carbonyl (C=O) groups excluding carboxylic acids is 1. The summed E-state index contributed by atoms with van der Waals surface area (Å²) >= 11 is 1.46. The van der Waals surface area contributed by atoms with E-state index in [0.29, 0.717) is 12.3 Å². The average Bonchev–Trinajstić information content (AvgIpc) is 2.89. The van der Waals surface area contributed by atoms with Crippen LogP contribution in [0.1, 0.15) is 11.1 Å². The largest absolute Gasteiger partial charge is 0.351 e. The summed E-state index contributed by atoms with van der Waals surface area (Å²) in [5, 5.41) is 3.80. The van der Waals surface area contributed by atoms with Crippen molar-refractivity contribution in [1.29, 1.82) is 0 Å².